The van der Waals surface area contributed by atoms with E-state index in [4.69, 9.17) is 9.47 Å². The third-order valence-electron chi connectivity index (χ3n) is 3.69. The third-order valence-corrected chi connectivity index (χ3v) is 3.69. The van der Waals surface area contributed by atoms with Crippen molar-refractivity contribution in [2.45, 2.75) is 39.7 Å². The number of rotatable bonds is 8. The molecule has 2 rings (SSSR count). The van der Waals surface area contributed by atoms with E-state index in [0.29, 0.717) is 24.5 Å². The van der Waals surface area contributed by atoms with Gasteiger partial charge < -0.3 is 14.8 Å². The van der Waals surface area contributed by atoms with Crippen LogP contribution in [0.2, 0.25) is 0 Å². The first-order valence-electron chi connectivity index (χ1n) is 8.45. The van der Waals surface area contributed by atoms with Crippen LogP contribution >= 0.6 is 0 Å². The molecule has 0 aliphatic heterocycles. The smallest absolute Gasteiger partial charge is 0.265 e. The van der Waals surface area contributed by atoms with Gasteiger partial charge in [-0.2, -0.15) is 0 Å². The molecule has 24 heavy (non-hydrogen) atoms. The minimum atomic E-state index is -0.534. The molecule has 0 bridgehead atoms. The first kappa shape index (κ1) is 17.9. The van der Waals surface area contributed by atoms with Crippen molar-refractivity contribution in [3.05, 3.63) is 54.1 Å². The lowest BCUT2D eigenvalue weighted by molar-refractivity contribution is -0.122. The monoisotopic (exact) mass is 327 g/mol. The van der Waals surface area contributed by atoms with Crippen LogP contribution in [0, 0.1) is 0 Å². The van der Waals surface area contributed by atoms with Gasteiger partial charge in [-0.3, -0.25) is 4.79 Å². The molecule has 0 unspecified atom stereocenters. The van der Waals surface area contributed by atoms with Crippen molar-refractivity contribution in [2.24, 2.45) is 0 Å². The highest BCUT2D eigenvalue weighted by Crippen LogP contribution is 2.19. The van der Waals surface area contributed by atoms with Gasteiger partial charge in [-0.25, -0.2) is 0 Å². The molecule has 2 aromatic carbocycles. The number of nitrogens with one attached hydrogen (secondary N) is 1. The van der Waals surface area contributed by atoms with Crippen molar-refractivity contribution < 1.29 is 14.3 Å². The minimum Gasteiger partial charge on any atom is -0.494 e. The Bertz CT molecular complexity index is 652. The molecule has 0 heterocycles. The third kappa shape index (κ3) is 5.01. The summed E-state index contributed by atoms with van der Waals surface area (Å²) in [6.45, 7) is 6.55. The summed E-state index contributed by atoms with van der Waals surface area (Å²) in [6, 6.07) is 15.2. The molecule has 0 fully saturated rings. The number of aryl methyl sites for hydroxylation is 1. The van der Waals surface area contributed by atoms with E-state index in [9.17, 15) is 4.79 Å². The fourth-order valence-corrected chi connectivity index (χ4v) is 2.34. The zero-order valence-electron chi connectivity index (χ0n) is 14.5. The van der Waals surface area contributed by atoms with Gasteiger partial charge in [0.1, 0.15) is 11.5 Å². The van der Waals surface area contributed by atoms with Crippen LogP contribution in [0.1, 0.15) is 32.8 Å². The first-order chi connectivity index (χ1) is 11.7. The topological polar surface area (TPSA) is 47.6 Å². The summed E-state index contributed by atoms with van der Waals surface area (Å²) < 4.78 is 11.3. The van der Waals surface area contributed by atoms with Crippen molar-refractivity contribution in [1.82, 2.24) is 0 Å². The highest BCUT2D eigenvalue weighted by Gasteiger charge is 2.18. The summed E-state index contributed by atoms with van der Waals surface area (Å²) >= 11 is 0. The number of benzene rings is 2. The van der Waals surface area contributed by atoms with E-state index in [2.05, 4.69) is 12.2 Å². The second kappa shape index (κ2) is 8.96. The van der Waals surface area contributed by atoms with E-state index in [-0.39, 0.29) is 5.91 Å². The summed E-state index contributed by atoms with van der Waals surface area (Å²) in [5.74, 6) is 1.28. The lowest BCUT2D eigenvalue weighted by Gasteiger charge is -2.18. The molecule has 0 spiro atoms. The normalized spacial score (nSPS) is 11.6. The standard InChI is InChI=1S/C20H25NO3/c1-4-15-10-12-17(13-11-15)24-19(5-2)20(22)21-16-8-7-9-18(14-16)23-6-3/h7-14,19H,4-6H2,1-3H3,(H,21,22)/t19-/m1/s1. The zero-order chi connectivity index (χ0) is 17.4. The quantitative estimate of drug-likeness (QED) is 0.779. The van der Waals surface area contributed by atoms with Crippen molar-refractivity contribution in [3.8, 4) is 11.5 Å². The van der Waals surface area contributed by atoms with E-state index in [0.717, 1.165) is 12.2 Å². The average Bonchev–Trinajstić information content (AvgIpc) is 2.60. The summed E-state index contributed by atoms with van der Waals surface area (Å²) in [6.07, 6.45) is 1.04. The molecule has 0 radical (unpaired) electrons. The molecule has 4 nitrogen and oxygen atoms in total. The molecule has 0 aliphatic carbocycles. The molecule has 0 aromatic heterocycles. The fourth-order valence-electron chi connectivity index (χ4n) is 2.34. The van der Waals surface area contributed by atoms with E-state index >= 15 is 0 Å². The number of anilines is 1. The maximum absolute atomic E-state index is 12.5. The van der Waals surface area contributed by atoms with Crippen LogP contribution in [0.25, 0.3) is 0 Å². The van der Waals surface area contributed by atoms with Crippen LogP contribution in [0.15, 0.2) is 48.5 Å². The molecule has 1 N–H and O–H groups in total. The maximum Gasteiger partial charge on any atom is 0.265 e. The van der Waals surface area contributed by atoms with Crippen LogP contribution in [0.4, 0.5) is 5.69 Å². The highest BCUT2D eigenvalue weighted by atomic mass is 16.5. The largest absolute Gasteiger partial charge is 0.494 e. The number of hydrogen-bond donors (Lipinski definition) is 1. The first-order valence-corrected chi connectivity index (χ1v) is 8.45. The van der Waals surface area contributed by atoms with Gasteiger partial charge in [0.05, 0.1) is 6.61 Å². The SMILES string of the molecule is CCOc1cccc(NC(=O)[C@@H](CC)Oc2ccc(CC)cc2)c1. The fraction of sp³-hybridized carbons (Fsp3) is 0.350. The van der Waals surface area contributed by atoms with Crippen LogP contribution in [0.3, 0.4) is 0 Å². The maximum atomic E-state index is 12.5. The summed E-state index contributed by atoms with van der Waals surface area (Å²) in [5.41, 5.74) is 1.95. The molecular formula is C20H25NO3. The van der Waals surface area contributed by atoms with Gasteiger partial charge in [0.25, 0.3) is 5.91 Å². The summed E-state index contributed by atoms with van der Waals surface area (Å²) in [4.78, 5) is 12.5. The second-order valence-corrected chi connectivity index (χ2v) is 5.46. The predicted octanol–water partition coefficient (Wildman–Crippen LogP) is 4.44. The van der Waals surface area contributed by atoms with Gasteiger partial charge in [-0.15, -0.1) is 0 Å². The van der Waals surface area contributed by atoms with Crippen LogP contribution in [0.5, 0.6) is 11.5 Å². The molecule has 2 aromatic rings. The number of carbonyl (C=O) groups is 1. The molecule has 1 amide bonds. The Morgan fingerprint density at radius 3 is 2.42 bits per heavy atom. The predicted molar refractivity (Wildman–Crippen MR) is 96.8 cm³/mol. The molecule has 0 saturated heterocycles. The Hall–Kier alpha value is -2.49. The molecule has 0 saturated carbocycles. The van der Waals surface area contributed by atoms with Crippen LogP contribution in [-0.4, -0.2) is 18.6 Å². The minimum absolute atomic E-state index is 0.161. The zero-order valence-corrected chi connectivity index (χ0v) is 14.5. The Morgan fingerprint density at radius 2 is 1.79 bits per heavy atom. The van der Waals surface area contributed by atoms with Crippen molar-refractivity contribution in [3.63, 3.8) is 0 Å². The van der Waals surface area contributed by atoms with Gasteiger partial charge in [0.2, 0.25) is 0 Å². The summed E-state index contributed by atoms with van der Waals surface area (Å²) in [7, 11) is 0. The number of hydrogen-bond acceptors (Lipinski definition) is 3. The van der Waals surface area contributed by atoms with Gasteiger partial charge in [-0.05, 0) is 49.6 Å². The Balaban J connectivity index is 2.01. The highest BCUT2D eigenvalue weighted by molar-refractivity contribution is 5.94. The van der Waals surface area contributed by atoms with Crippen LogP contribution in [-0.2, 0) is 11.2 Å². The number of ether oxygens (including phenoxy) is 2. The Labute approximate surface area is 143 Å². The Morgan fingerprint density at radius 1 is 1.04 bits per heavy atom. The Kier molecular flexibility index (Phi) is 6.67. The van der Waals surface area contributed by atoms with Crippen molar-refractivity contribution in [2.75, 3.05) is 11.9 Å². The lowest BCUT2D eigenvalue weighted by atomic mass is 10.1. The molecule has 128 valence electrons. The molecule has 4 heteroatoms. The number of amides is 1. The van der Waals surface area contributed by atoms with Gasteiger partial charge in [0.15, 0.2) is 6.10 Å². The van der Waals surface area contributed by atoms with E-state index in [1.54, 1.807) is 0 Å². The molecule has 1 atom stereocenters. The molecular weight excluding hydrogens is 302 g/mol. The van der Waals surface area contributed by atoms with Crippen molar-refractivity contribution >= 4 is 11.6 Å². The molecule has 0 aliphatic rings. The van der Waals surface area contributed by atoms with E-state index in [1.807, 2.05) is 62.4 Å². The van der Waals surface area contributed by atoms with Crippen molar-refractivity contribution in [1.29, 1.82) is 0 Å². The van der Waals surface area contributed by atoms with E-state index in [1.165, 1.54) is 5.56 Å². The van der Waals surface area contributed by atoms with Gasteiger partial charge >= 0.3 is 0 Å². The summed E-state index contributed by atoms with van der Waals surface area (Å²) in [5, 5.41) is 2.89. The number of carbonyl (C=O) groups excluding carboxylic acids is 1. The lowest BCUT2D eigenvalue weighted by Crippen LogP contribution is -2.32. The van der Waals surface area contributed by atoms with E-state index < -0.39 is 6.10 Å². The van der Waals surface area contributed by atoms with Crippen LogP contribution < -0.4 is 14.8 Å². The second-order valence-electron chi connectivity index (χ2n) is 5.46. The van der Waals surface area contributed by atoms with Gasteiger partial charge in [-0.1, -0.05) is 32.0 Å². The van der Waals surface area contributed by atoms with Gasteiger partial charge in [0, 0.05) is 11.8 Å². The average molecular weight is 327 g/mol.